The molecule has 1 aliphatic rings. The lowest BCUT2D eigenvalue weighted by atomic mass is 9.79. The second-order valence-electron chi connectivity index (χ2n) is 8.12. The Morgan fingerprint density at radius 1 is 1.00 bits per heavy atom. The van der Waals surface area contributed by atoms with Crippen LogP contribution in [0.15, 0.2) is 48.8 Å². The Balaban J connectivity index is 1.54. The van der Waals surface area contributed by atoms with E-state index in [1.54, 1.807) is 12.4 Å². The van der Waals surface area contributed by atoms with Crippen molar-refractivity contribution in [3.8, 4) is 0 Å². The van der Waals surface area contributed by atoms with Crippen molar-refractivity contribution in [1.82, 2.24) is 9.55 Å². The Hall–Kier alpha value is -2.18. The van der Waals surface area contributed by atoms with E-state index in [1.165, 1.54) is 0 Å². The monoisotopic (exact) mass is 366 g/mol. The van der Waals surface area contributed by atoms with Crippen molar-refractivity contribution < 1.29 is 13.7 Å². The molecule has 0 atom stereocenters. The van der Waals surface area contributed by atoms with E-state index in [-0.39, 0.29) is 18.3 Å². The largest absolute Gasteiger partial charge is 0.494 e. The number of alkyl halides is 1. The smallest absolute Gasteiger partial charge is 0.399 e. The summed E-state index contributed by atoms with van der Waals surface area (Å²) in [5.74, 6) is 0. The highest BCUT2D eigenvalue weighted by atomic mass is 19.1. The Bertz CT molecular complexity index is 950. The van der Waals surface area contributed by atoms with Gasteiger partial charge in [-0.05, 0) is 44.8 Å². The molecule has 3 aromatic rings. The summed E-state index contributed by atoms with van der Waals surface area (Å²) in [7, 11) is -0.356. The molecule has 0 N–H and O–H groups in total. The lowest BCUT2D eigenvalue weighted by molar-refractivity contribution is 0.00578. The molecule has 0 unspecified atom stereocenters. The van der Waals surface area contributed by atoms with Gasteiger partial charge in [0.1, 0.15) is 6.67 Å². The van der Waals surface area contributed by atoms with Gasteiger partial charge in [0.05, 0.1) is 28.6 Å². The van der Waals surface area contributed by atoms with E-state index in [0.717, 1.165) is 22.1 Å². The van der Waals surface area contributed by atoms with E-state index in [2.05, 4.69) is 44.8 Å². The van der Waals surface area contributed by atoms with Crippen LogP contribution in [0.3, 0.4) is 0 Å². The fourth-order valence-corrected chi connectivity index (χ4v) is 3.34. The maximum atomic E-state index is 13.1. The first kappa shape index (κ1) is 18.2. The molecule has 2 aromatic carbocycles. The SMILES string of the molecule is CC1(C)OB(c2ccc(Cn3cnc4c(CF)cccc43)cc2)OC1(C)C. The standard InChI is InChI=1S/C21H24BFN2O2/c1-20(2)21(3,4)27-22(26-20)17-10-8-15(9-11-17)13-25-14-24-19-16(12-23)6-5-7-18(19)25/h5-11,14H,12-13H2,1-4H3. The molecule has 0 bridgehead atoms. The van der Waals surface area contributed by atoms with Gasteiger partial charge in [0.15, 0.2) is 0 Å². The number of aromatic nitrogens is 2. The van der Waals surface area contributed by atoms with Crippen molar-refractivity contribution in [1.29, 1.82) is 0 Å². The molecule has 4 nitrogen and oxygen atoms in total. The van der Waals surface area contributed by atoms with Crippen molar-refractivity contribution >= 4 is 23.6 Å². The van der Waals surface area contributed by atoms with Crippen LogP contribution in [-0.2, 0) is 22.5 Å². The van der Waals surface area contributed by atoms with Crippen molar-refractivity contribution in [2.24, 2.45) is 0 Å². The molecule has 27 heavy (non-hydrogen) atoms. The van der Waals surface area contributed by atoms with Crippen molar-refractivity contribution in [3.05, 3.63) is 59.9 Å². The van der Waals surface area contributed by atoms with E-state index in [4.69, 9.17) is 9.31 Å². The van der Waals surface area contributed by atoms with Crippen LogP contribution in [0, 0.1) is 0 Å². The Morgan fingerprint density at radius 3 is 2.30 bits per heavy atom. The van der Waals surface area contributed by atoms with Gasteiger partial charge >= 0.3 is 7.12 Å². The molecule has 0 amide bonds. The topological polar surface area (TPSA) is 36.3 Å². The van der Waals surface area contributed by atoms with Crippen LogP contribution in [0.1, 0.15) is 38.8 Å². The van der Waals surface area contributed by atoms with Gasteiger partial charge in [0.25, 0.3) is 0 Å². The van der Waals surface area contributed by atoms with Crippen LogP contribution in [0.4, 0.5) is 4.39 Å². The summed E-state index contributed by atoms with van der Waals surface area (Å²) in [6.07, 6.45) is 1.77. The van der Waals surface area contributed by atoms with Gasteiger partial charge in [-0.15, -0.1) is 0 Å². The van der Waals surface area contributed by atoms with Gasteiger partial charge < -0.3 is 13.9 Å². The lowest BCUT2D eigenvalue weighted by Crippen LogP contribution is -2.41. The maximum Gasteiger partial charge on any atom is 0.494 e. The third kappa shape index (κ3) is 3.17. The number of halogens is 1. The average molecular weight is 366 g/mol. The Labute approximate surface area is 159 Å². The molecular formula is C21H24BFN2O2. The van der Waals surface area contributed by atoms with Crippen LogP contribution in [-0.4, -0.2) is 27.9 Å². The molecule has 0 radical (unpaired) electrons. The number of hydrogen-bond acceptors (Lipinski definition) is 3. The quantitative estimate of drug-likeness (QED) is 0.658. The highest BCUT2D eigenvalue weighted by molar-refractivity contribution is 6.62. The van der Waals surface area contributed by atoms with Gasteiger partial charge in [-0.1, -0.05) is 36.4 Å². The van der Waals surface area contributed by atoms with Crippen molar-refractivity contribution in [2.45, 2.75) is 52.1 Å². The van der Waals surface area contributed by atoms with Crippen molar-refractivity contribution in [2.75, 3.05) is 0 Å². The Kier molecular flexibility index (Phi) is 4.36. The summed E-state index contributed by atoms with van der Waals surface area (Å²) in [6, 6.07) is 13.9. The molecule has 2 heterocycles. The molecule has 1 saturated heterocycles. The average Bonchev–Trinajstić information content (AvgIpc) is 3.13. The second-order valence-corrected chi connectivity index (χ2v) is 8.12. The molecule has 4 rings (SSSR count). The molecule has 0 saturated carbocycles. The minimum absolute atomic E-state index is 0.347. The van der Waals surface area contributed by atoms with E-state index >= 15 is 0 Å². The predicted octanol–water partition coefficient (Wildman–Crippen LogP) is 3.85. The third-order valence-electron chi connectivity index (χ3n) is 5.74. The number of fused-ring (bicyclic) bond motifs is 1. The third-order valence-corrected chi connectivity index (χ3v) is 5.74. The maximum absolute atomic E-state index is 13.1. The van der Waals surface area contributed by atoms with Crippen molar-refractivity contribution in [3.63, 3.8) is 0 Å². The highest BCUT2D eigenvalue weighted by Gasteiger charge is 2.51. The molecule has 1 aromatic heterocycles. The van der Waals surface area contributed by atoms with Gasteiger partial charge in [-0.2, -0.15) is 0 Å². The van der Waals surface area contributed by atoms with Crippen LogP contribution >= 0.6 is 0 Å². The normalized spacial score (nSPS) is 18.3. The number of rotatable bonds is 4. The predicted molar refractivity (Wildman–Crippen MR) is 106 cm³/mol. The molecule has 0 aliphatic carbocycles. The first-order valence-electron chi connectivity index (χ1n) is 9.24. The molecule has 1 fully saturated rings. The fourth-order valence-electron chi connectivity index (χ4n) is 3.34. The number of para-hydroxylation sites is 1. The van der Waals surface area contributed by atoms with Gasteiger partial charge in [0.2, 0.25) is 0 Å². The first-order chi connectivity index (χ1) is 12.8. The van der Waals surface area contributed by atoms with E-state index in [1.807, 2.05) is 28.8 Å². The molecule has 1 aliphatic heterocycles. The summed E-state index contributed by atoms with van der Waals surface area (Å²) in [6.45, 7) is 8.38. The highest BCUT2D eigenvalue weighted by Crippen LogP contribution is 2.36. The Morgan fingerprint density at radius 2 is 1.67 bits per heavy atom. The van der Waals surface area contributed by atoms with Crippen LogP contribution in [0.25, 0.3) is 11.0 Å². The van der Waals surface area contributed by atoms with Crippen LogP contribution < -0.4 is 5.46 Å². The second kappa shape index (κ2) is 6.46. The van der Waals surface area contributed by atoms with Gasteiger partial charge in [0, 0.05) is 12.1 Å². The zero-order valence-corrected chi connectivity index (χ0v) is 16.2. The molecule has 6 heteroatoms. The van der Waals surface area contributed by atoms with E-state index in [0.29, 0.717) is 12.1 Å². The number of benzene rings is 2. The summed E-state index contributed by atoms with van der Waals surface area (Å²) < 4.78 is 27.4. The summed E-state index contributed by atoms with van der Waals surface area (Å²) in [5.41, 5.74) is 3.75. The minimum Gasteiger partial charge on any atom is -0.399 e. The molecule has 0 spiro atoms. The van der Waals surface area contributed by atoms with E-state index in [9.17, 15) is 4.39 Å². The zero-order chi connectivity index (χ0) is 19.2. The summed E-state index contributed by atoms with van der Waals surface area (Å²) in [4.78, 5) is 4.38. The fraction of sp³-hybridized carbons (Fsp3) is 0.381. The summed E-state index contributed by atoms with van der Waals surface area (Å²) in [5, 5.41) is 0. The van der Waals surface area contributed by atoms with Crippen LogP contribution in [0.2, 0.25) is 0 Å². The number of imidazole rings is 1. The zero-order valence-electron chi connectivity index (χ0n) is 16.2. The summed E-state index contributed by atoms with van der Waals surface area (Å²) >= 11 is 0. The number of nitrogens with zero attached hydrogens (tertiary/aromatic N) is 2. The molecular weight excluding hydrogens is 342 g/mol. The minimum atomic E-state index is -0.503. The van der Waals surface area contributed by atoms with Gasteiger partial charge in [-0.25, -0.2) is 9.37 Å². The van der Waals surface area contributed by atoms with Crippen LogP contribution in [0.5, 0.6) is 0 Å². The molecule has 140 valence electrons. The number of hydrogen-bond donors (Lipinski definition) is 0. The van der Waals surface area contributed by atoms with Gasteiger partial charge in [-0.3, -0.25) is 0 Å². The lowest BCUT2D eigenvalue weighted by Gasteiger charge is -2.32. The van der Waals surface area contributed by atoms with E-state index < -0.39 is 6.67 Å². The first-order valence-corrected chi connectivity index (χ1v) is 9.24.